The summed E-state index contributed by atoms with van der Waals surface area (Å²) in [6.07, 6.45) is 6.32. The van der Waals surface area contributed by atoms with E-state index in [1.165, 1.54) is 5.56 Å². The fourth-order valence-corrected chi connectivity index (χ4v) is 5.27. The van der Waals surface area contributed by atoms with E-state index in [1.54, 1.807) is 13.8 Å². The van der Waals surface area contributed by atoms with Crippen LogP contribution in [0, 0.1) is 0 Å². The molecule has 0 aliphatic carbocycles. The second kappa shape index (κ2) is 12.7. The van der Waals surface area contributed by atoms with Crippen LogP contribution < -0.4 is 0 Å². The Hall–Kier alpha value is -3.32. The molecule has 0 spiro atoms. The SMILES string of the molecule is C.CCc1ccc2ccc(/C=C/c3cccc(C(CCc4ccccc4C(C)(C)O)OS(C)(=O)=O)c3)nc2c1. The lowest BCUT2D eigenvalue weighted by Crippen LogP contribution is -2.18. The Kier molecular flexibility index (Phi) is 9.83. The van der Waals surface area contributed by atoms with Crippen molar-refractivity contribution in [1.29, 1.82) is 0 Å². The predicted molar refractivity (Wildman–Crippen MR) is 162 cm³/mol. The molecule has 1 heterocycles. The molecule has 39 heavy (non-hydrogen) atoms. The summed E-state index contributed by atoms with van der Waals surface area (Å²) in [6.45, 7) is 5.63. The molecule has 6 heteroatoms. The van der Waals surface area contributed by atoms with E-state index in [-0.39, 0.29) is 7.43 Å². The summed E-state index contributed by atoms with van der Waals surface area (Å²) in [4.78, 5) is 4.78. The number of pyridine rings is 1. The van der Waals surface area contributed by atoms with Gasteiger partial charge in [0.15, 0.2) is 0 Å². The van der Waals surface area contributed by atoms with Crippen LogP contribution in [0.25, 0.3) is 23.1 Å². The van der Waals surface area contributed by atoms with Crippen molar-refractivity contribution >= 4 is 33.2 Å². The van der Waals surface area contributed by atoms with Crippen LogP contribution in [0.15, 0.2) is 78.9 Å². The van der Waals surface area contributed by atoms with E-state index in [2.05, 4.69) is 31.2 Å². The number of aliphatic hydroxyl groups is 1. The fourth-order valence-electron chi connectivity index (χ4n) is 4.64. The van der Waals surface area contributed by atoms with Crippen LogP contribution in [-0.2, 0) is 32.7 Å². The first-order valence-corrected chi connectivity index (χ1v) is 14.7. The highest BCUT2D eigenvalue weighted by Gasteiger charge is 2.22. The van der Waals surface area contributed by atoms with Gasteiger partial charge < -0.3 is 5.11 Å². The summed E-state index contributed by atoms with van der Waals surface area (Å²) in [7, 11) is -3.69. The van der Waals surface area contributed by atoms with E-state index >= 15 is 0 Å². The maximum Gasteiger partial charge on any atom is 0.264 e. The van der Waals surface area contributed by atoms with Gasteiger partial charge in [0, 0.05) is 5.39 Å². The normalized spacial score (nSPS) is 12.9. The maximum atomic E-state index is 12.1. The molecular formula is C33H39NO4S. The van der Waals surface area contributed by atoms with Gasteiger partial charge in [-0.1, -0.05) is 81.1 Å². The monoisotopic (exact) mass is 545 g/mol. The van der Waals surface area contributed by atoms with E-state index in [4.69, 9.17) is 9.17 Å². The molecule has 1 unspecified atom stereocenters. The van der Waals surface area contributed by atoms with Crippen molar-refractivity contribution in [2.45, 2.75) is 59.2 Å². The highest BCUT2D eigenvalue weighted by Crippen LogP contribution is 2.30. The molecule has 1 N–H and O–H groups in total. The topological polar surface area (TPSA) is 76.5 Å². The first-order valence-electron chi connectivity index (χ1n) is 12.9. The molecule has 0 saturated carbocycles. The smallest absolute Gasteiger partial charge is 0.264 e. The van der Waals surface area contributed by atoms with Crippen LogP contribution in [0.5, 0.6) is 0 Å². The van der Waals surface area contributed by atoms with Crippen molar-refractivity contribution < 1.29 is 17.7 Å². The summed E-state index contributed by atoms with van der Waals surface area (Å²) in [5.41, 5.74) is 5.56. The first-order chi connectivity index (χ1) is 18.0. The van der Waals surface area contributed by atoms with Gasteiger partial charge in [-0.05, 0) is 85.2 Å². The third kappa shape index (κ3) is 8.33. The molecule has 0 aliphatic heterocycles. The van der Waals surface area contributed by atoms with Gasteiger partial charge in [-0.15, -0.1) is 0 Å². The molecule has 4 aromatic rings. The van der Waals surface area contributed by atoms with Gasteiger partial charge in [-0.2, -0.15) is 8.42 Å². The molecular weight excluding hydrogens is 506 g/mol. The van der Waals surface area contributed by atoms with Crippen molar-refractivity contribution in [2.75, 3.05) is 6.26 Å². The van der Waals surface area contributed by atoms with Crippen LogP contribution in [-0.4, -0.2) is 24.8 Å². The molecule has 0 bridgehead atoms. The van der Waals surface area contributed by atoms with Crippen LogP contribution in [0.1, 0.15) is 74.2 Å². The van der Waals surface area contributed by atoms with Crippen molar-refractivity contribution in [3.05, 3.63) is 112 Å². The van der Waals surface area contributed by atoms with Crippen molar-refractivity contribution in [2.24, 2.45) is 0 Å². The molecule has 5 nitrogen and oxygen atoms in total. The average molecular weight is 546 g/mol. The molecule has 4 rings (SSSR count). The van der Waals surface area contributed by atoms with E-state index in [1.807, 2.05) is 66.7 Å². The Morgan fingerprint density at radius 1 is 0.974 bits per heavy atom. The van der Waals surface area contributed by atoms with Gasteiger partial charge in [0.2, 0.25) is 0 Å². The average Bonchev–Trinajstić information content (AvgIpc) is 2.88. The van der Waals surface area contributed by atoms with Crippen molar-refractivity contribution in [3.63, 3.8) is 0 Å². The molecule has 0 aliphatic rings. The highest BCUT2D eigenvalue weighted by molar-refractivity contribution is 7.86. The first kappa shape index (κ1) is 30.2. The molecule has 1 aromatic heterocycles. The maximum absolute atomic E-state index is 12.1. The summed E-state index contributed by atoms with van der Waals surface area (Å²) < 4.78 is 29.8. The highest BCUT2D eigenvalue weighted by atomic mass is 32.2. The van der Waals surface area contributed by atoms with E-state index in [0.29, 0.717) is 12.8 Å². The number of fused-ring (bicyclic) bond motifs is 1. The van der Waals surface area contributed by atoms with Gasteiger partial charge in [0.05, 0.1) is 23.1 Å². The zero-order valence-electron chi connectivity index (χ0n) is 22.4. The second-order valence-electron chi connectivity index (χ2n) is 10.2. The zero-order chi connectivity index (χ0) is 27.3. The van der Waals surface area contributed by atoms with Gasteiger partial charge in [-0.3, -0.25) is 4.18 Å². The second-order valence-corrected chi connectivity index (χ2v) is 11.8. The molecule has 1 atom stereocenters. The van der Waals surface area contributed by atoms with Crippen molar-refractivity contribution in [3.8, 4) is 0 Å². The Morgan fingerprint density at radius 2 is 1.72 bits per heavy atom. The zero-order valence-corrected chi connectivity index (χ0v) is 23.2. The van der Waals surface area contributed by atoms with Gasteiger partial charge in [-0.25, -0.2) is 4.98 Å². The Morgan fingerprint density at radius 3 is 2.44 bits per heavy atom. The van der Waals surface area contributed by atoms with Crippen LogP contribution in [0.2, 0.25) is 0 Å². The number of nitrogens with zero attached hydrogens (tertiary/aromatic N) is 1. The van der Waals surface area contributed by atoms with Gasteiger partial charge in [0.25, 0.3) is 10.1 Å². The van der Waals surface area contributed by atoms with Crippen LogP contribution in [0.3, 0.4) is 0 Å². The minimum absolute atomic E-state index is 0. The molecule has 0 fully saturated rings. The number of aryl methyl sites for hydroxylation is 2. The van der Waals surface area contributed by atoms with E-state index in [0.717, 1.165) is 51.5 Å². The lowest BCUT2D eigenvalue weighted by Gasteiger charge is -2.23. The van der Waals surface area contributed by atoms with E-state index in [9.17, 15) is 13.5 Å². The number of aromatic nitrogens is 1. The third-order valence-electron chi connectivity index (χ3n) is 6.56. The standard InChI is InChI=1S/C32H35NO4S.CH4/c1-5-23-13-15-26-16-19-28(33-30(26)22-23)18-14-24-9-8-11-27(21-24)31(37-38(4,35)36)20-17-25-10-6-7-12-29(25)32(2,3)34;/h6-16,18-19,21-22,31,34H,5,17,20H2,1-4H3;1H4/b18-14+;. The number of benzene rings is 3. The third-order valence-corrected chi connectivity index (χ3v) is 7.14. The van der Waals surface area contributed by atoms with Crippen molar-refractivity contribution in [1.82, 2.24) is 4.98 Å². The quantitative estimate of drug-likeness (QED) is 0.209. The molecule has 3 aromatic carbocycles. The molecule has 206 valence electrons. The minimum atomic E-state index is -3.69. The Bertz CT molecular complexity index is 1550. The van der Waals surface area contributed by atoms with Gasteiger partial charge in [0.1, 0.15) is 6.10 Å². The summed E-state index contributed by atoms with van der Waals surface area (Å²) in [6, 6.07) is 25.8. The molecule has 0 radical (unpaired) electrons. The summed E-state index contributed by atoms with van der Waals surface area (Å²) in [5.74, 6) is 0. The predicted octanol–water partition coefficient (Wildman–Crippen LogP) is 7.48. The summed E-state index contributed by atoms with van der Waals surface area (Å²) in [5, 5.41) is 11.7. The minimum Gasteiger partial charge on any atom is -0.386 e. The summed E-state index contributed by atoms with van der Waals surface area (Å²) >= 11 is 0. The Balaban J connectivity index is 0.00000420. The number of hydrogen-bond donors (Lipinski definition) is 1. The van der Waals surface area contributed by atoms with Crippen LogP contribution >= 0.6 is 0 Å². The van der Waals surface area contributed by atoms with E-state index < -0.39 is 21.8 Å². The lowest BCUT2D eigenvalue weighted by molar-refractivity contribution is 0.0773. The fraction of sp³-hybridized carbons (Fsp3) is 0.303. The Labute approximate surface area is 233 Å². The lowest BCUT2D eigenvalue weighted by atomic mass is 9.90. The largest absolute Gasteiger partial charge is 0.386 e. The van der Waals surface area contributed by atoms with Gasteiger partial charge >= 0.3 is 0 Å². The molecule has 0 amide bonds. The number of hydrogen-bond acceptors (Lipinski definition) is 5. The molecule has 0 saturated heterocycles. The van der Waals surface area contributed by atoms with Crippen LogP contribution in [0.4, 0.5) is 0 Å². The number of rotatable bonds is 10.